The van der Waals surface area contributed by atoms with Crippen LogP contribution in [0.25, 0.3) is 16.8 Å². The minimum absolute atomic E-state index is 0.0259. The molecule has 9 heteroatoms. The quantitative estimate of drug-likeness (QED) is 0.160. The lowest BCUT2D eigenvalue weighted by Crippen LogP contribution is -2.42. The maximum absolute atomic E-state index is 15.9. The molecule has 0 saturated carbocycles. The molecule has 1 fully saturated rings. The summed E-state index contributed by atoms with van der Waals surface area (Å²) in [5.41, 5.74) is 5.79. The number of nitrogens with zero attached hydrogens (tertiary/aromatic N) is 5. The van der Waals surface area contributed by atoms with Crippen LogP contribution < -0.4 is 10.1 Å². The van der Waals surface area contributed by atoms with Crippen molar-refractivity contribution in [2.24, 2.45) is 0 Å². The van der Waals surface area contributed by atoms with Crippen molar-refractivity contribution in [1.82, 2.24) is 15.0 Å². The second-order valence-electron chi connectivity index (χ2n) is 12.9. The van der Waals surface area contributed by atoms with Gasteiger partial charge in [-0.05, 0) is 52.1 Å². The molecule has 0 amide bonds. The van der Waals surface area contributed by atoms with Crippen LogP contribution in [0.2, 0.25) is 0 Å². The van der Waals surface area contributed by atoms with Gasteiger partial charge in [0.25, 0.3) is 0 Å². The number of aromatic nitrogens is 3. The normalized spacial score (nSPS) is 19.1. The highest BCUT2D eigenvalue weighted by molar-refractivity contribution is 6.36. The number of ether oxygens (including phenoxy) is 1. The Kier molecular flexibility index (Phi) is 8.75. The zero-order valence-corrected chi connectivity index (χ0v) is 27.9. The van der Waals surface area contributed by atoms with Crippen molar-refractivity contribution < 1.29 is 14.7 Å². The number of anilines is 2. The van der Waals surface area contributed by atoms with Gasteiger partial charge in [0.1, 0.15) is 5.69 Å². The van der Waals surface area contributed by atoms with Gasteiger partial charge < -0.3 is 20.1 Å². The lowest BCUT2D eigenvalue weighted by molar-refractivity contribution is -0.118. The molecule has 2 heterocycles. The number of hydrogen-bond donors (Lipinski definition) is 1. The topological polar surface area (TPSA) is 107 Å². The lowest BCUT2D eigenvalue weighted by atomic mass is 9.63. The first-order valence-corrected chi connectivity index (χ1v) is 17.1. The van der Waals surface area contributed by atoms with Gasteiger partial charge in [-0.3, -0.25) is 10.0 Å². The van der Waals surface area contributed by atoms with E-state index in [4.69, 9.17) is 9.84 Å². The van der Waals surface area contributed by atoms with Crippen molar-refractivity contribution in [2.75, 3.05) is 36.4 Å². The van der Waals surface area contributed by atoms with Gasteiger partial charge in [-0.25, -0.2) is 0 Å². The zero-order valence-electron chi connectivity index (χ0n) is 27.9. The van der Waals surface area contributed by atoms with Crippen LogP contribution >= 0.6 is 0 Å². The molecule has 8 rings (SSSR count). The summed E-state index contributed by atoms with van der Waals surface area (Å²) in [6.45, 7) is 2.29. The molecular formula is C42H36N5O4-. The number of benzene rings is 5. The van der Waals surface area contributed by atoms with Crippen LogP contribution in [0.5, 0.6) is 0 Å². The Balaban J connectivity index is 1.39. The number of allylic oxidation sites excluding steroid dienone is 2. The molecule has 2 aliphatic rings. The SMILES string of the molecule is O=C1C(c2ccccc2)=C(c2ccccc2)C(c2ccccc2)C1(Cc1nnn(-c2ccc(N([O-])O)cc2)c1N1CCOCC1)c1ccccc1. The highest BCUT2D eigenvalue weighted by atomic mass is 16.8. The Morgan fingerprint density at radius 1 is 0.765 bits per heavy atom. The summed E-state index contributed by atoms with van der Waals surface area (Å²) >= 11 is 0. The number of morpholine rings is 1. The molecule has 51 heavy (non-hydrogen) atoms. The van der Waals surface area contributed by atoms with E-state index in [0.29, 0.717) is 43.3 Å². The summed E-state index contributed by atoms with van der Waals surface area (Å²) in [6.07, 6.45) is 0.262. The van der Waals surface area contributed by atoms with E-state index in [1.165, 1.54) is 12.1 Å². The smallest absolute Gasteiger partial charge is 0.175 e. The molecule has 1 aliphatic heterocycles. The average molecular weight is 675 g/mol. The van der Waals surface area contributed by atoms with Gasteiger partial charge in [0.2, 0.25) is 0 Å². The minimum Gasteiger partial charge on any atom is -0.733 e. The molecule has 0 radical (unpaired) electrons. The molecule has 0 bridgehead atoms. The maximum Gasteiger partial charge on any atom is 0.175 e. The van der Waals surface area contributed by atoms with Crippen LogP contribution in [-0.4, -0.2) is 52.3 Å². The van der Waals surface area contributed by atoms with Gasteiger partial charge in [0.05, 0.1) is 30.0 Å². The van der Waals surface area contributed by atoms with E-state index in [1.807, 2.05) is 84.9 Å². The van der Waals surface area contributed by atoms with Crippen LogP contribution in [-0.2, 0) is 21.4 Å². The van der Waals surface area contributed by atoms with Gasteiger partial charge in [0, 0.05) is 31.0 Å². The van der Waals surface area contributed by atoms with Gasteiger partial charge in [-0.1, -0.05) is 127 Å². The summed E-state index contributed by atoms with van der Waals surface area (Å²) in [6, 6.07) is 47.1. The fourth-order valence-electron chi connectivity index (χ4n) is 7.78. The standard InChI is InChI=1S/C42H36N5O4/c48-40-38(31-15-7-2-8-16-31)37(30-13-5-1-6-14-30)39(32-17-9-3-10-18-32)42(40,33-19-11-4-12-20-33)29-36-41(45-25-27-51-28-26-45)46(44-43-36)34-21-23-35(24-22-34)47(49)50/h1-24,39,49H,25-29H2/q-1. The van der Waals surface area contributed by atoms with Crippen LogP contribution in [0.4, 0.5) is 11.5 Å². The Bertz CT molecular complexity index is 2150. The summed E-state index contributed by atoms with van der Waals surface area (Å²) in [7, 11) is 0. The number of carbonyl (C=O) groups is 1. The number of carbonyl (C=O) groups excluding carboxylic acids is 1. The van der Waals surface area contributed by atoms with Crippen LogP contribution in [0.1, 0.15) is 33.9 Å². The van der Waals surface area contributed by atoms with Crippen molar-refractivity contribution >= 4 is 28.4 Å². The van der Waals surface area contributed by atoms with Gasteiger partial charge in [-0.2, -0.15) is 4.68 Å². The van der Waals surface area contributed by atoms with Crippen molar-refractivity contribution in [3.63, 3.8) is 0 Å². The third-order valence-electron chi connectivity index (χ3n) is 10.0. The third kappa shape index (κ3) is 5.81. The van der Waals surface area contributed by atoms with Crippen LogP contribution in [0.3, 0.4) is 0 Å². The molecular weight excluding hydrogens is 638 g/mol. The van der Waals surface area contributed by atoms with E-state index in [0.717, 1.165) is 33.6 Å². The highest BCUT2D eigenvalue weighted by Gasteiger charge is 2.57. The number of hydrogen-bond acceptors (Lipinski definition) is 8. The van der Waals surface area contributed by atoms with E-state index < -0.39 is 5.41 Å². The zero-order chi connectivity index (χ0) is 34.8. The van der Waals surface area contributed by atoms with E-state index in [2.05, 4.69) is 46.5 Å². The molecule has 5 aromatic carbocycles. The molecule has 0 spiro atoms. The molecule has 1 aliphatic carbocycles. The predicted molar refractivity (Wildman–Crippen MR) is 198 cm³/mol. The third-order valence-corrected chi connectivity index (χ3v) is 10.0. The Hall–Kier alpha value is -5.87. The van der Waals surface area contributed by atoms with Gasteiger partial charge in [-0.15, -0.1) is 5.10 Å². The fourth-order valence-corrected chi connectivity index (χ4v) is 7.78. The maximum atomic E-state index is 15.9. The van der Waals surface area contributed by atoms with E-state index in [-0.39, 0.29) is 29.0 Å². The molecule has 6 aromatic rings. The average Bonchev–Trinajstić information content (AvgIpc) is 3.73. The lowest BCUT2D eigenvalue weighted by Gasteiger charge is -2.37. The molecule has 1 saturated heterocycles. The molecule has 254 valence electrons. The second-order valence-corrected chi connectivity index (χ2v) is 12.9. The van der Waals surface area contributed by atoms with Crippen LogP contribution in [0.15, 0.2) is 146 Å². The van der Waals surface area contributed by atoms with Crippen LogP contribution in [0, 0.1) is 5.21 Å². The molecule has 1 aromatic heterocycles. The first-order chi connectivity index (χ1) is 25.1. The van der Waals surface area contributed by atoms with E-state index in [9.17, 15) is 10.4 Å². The molecule has 1 N–H and O–H groups in total. The minimum atomic E-state index is -1.11. The fraction of sp³-hybridized carbons (Fsp3) is 0.167. The first kappa shape index (κ1) is 32.3. The number of Topliss-reactive ketones (excluding diaryl/α,β-unsaturated/α-hetero) is 1. The first-order valence-electron chi connectivity index (χ1n) is 17.1. The summed E-state index contributed by atoms with van der Waals surface area (Å²) in [5, 5.41) is 30.4. The summed E-state index contributed by atoms with van der Waals surface area (Å²) in [5.74, 6) is 0.414. The summed E-state index contributed by atoms with van der Waals surface area (Å²) < 4.78 is 7.51. The number of ketones is 1. The predicted octanol–water partition coefficient (Wildman–Crippen LogP) is 7.26. The van der Waals surface area contributed by atoms with E-state index >= 15 is 4.79 Å². The Morgan fingerprint density at radius 3 is 1.94 bits per heavy atom. The highest BCUT2D eigenvalue weighted by Crippen LogP contribution is 2.59. The van der Waals surface area contributed by atoms with E-state index in [1.54, 1.807) is 16.8 Å². The van der Waals surface area contributed by atoms with Crippen molar-refractivity contribution in [1.29, 1.82) is 0 Å². The summed E-state index contributed by atoms with van der Waals surface area (Å²) in [4.78, 5) is 18.1. The second kappa shape index (κ2) is 13.8. The van der Waals surface area contributed by atoms with Crippen molar-refractivity contribution in [3.8, 4) is 5.69 Å². The van der Waals surface area contributed by atoms with Crippen molar-refractivity contribution in [3.05, 3.63) is 179 Å². The monoisotopic (exact) mass is 674 g/mol. The van der Waals surface area contributed by atoms with Crippen molar-refractivity contribution in [2.45, 2.75) is 17.8 Å². The molecule has 2 atom stereocenters. The number of rotatable bonds is 9. The molecule has 9 nitrogen and oxygen atoms in total. The Morgan fingerprint density at radius 2 is 1.33 bits per heavy atom. The van der Waals surface area contributed by atoms with Gasteiger partial charge in [0.15, 0.2) is 11.6 Å². The Labute approximate surface area is 296 Å². The largest absolute Gasteiger partial charge is 0.733 e. The molecule has 2 unspecified atom stereocenters. The van der Waals surface area contributed by atoms with Gasteiger partial charge >= 0.3 is 0 Å².